The molecule has 6 heteroatoms. The minimum atomic E-state index is 0.580. The number of hydrogen-bond acceptors (Lipinski definition) is 3. The zero-order valence-corrected chi connectivity index (χ0v) is 17.8. The summed E-state index contributed by atoms with van der Waals surface area (Å²) in [6, 6.07) is 6.14. The molecule has 0 spiro atoms. The van der Waals surface area contributed by atoms with Crippen LogP contribution in [0, 0.1) is 12.8 Å². The summed E-state index contributed by atoms with van der Waals surface area (Å²) in [5.74, 6) is 1.50. The quantitative estimate of drug-likeness (QED) is 0.359. The number of hydrogen-bond donors (Lipinski definition) is 2. The molecule has 2 rings (SSSR count). The van der Waals surface area contributed by atoms with Crippen molar-refractivity contribution in [2.24, 2.45) is 10.9 Å². The summed E-state index contributed by atoms with van der Waals surface area (Å²) < 4.78 is 5.38. The van der Waals surface area contributed by atoms with Gasteiger partial charge < -0.3 is 20.3 Å². The summed E-state index contributed by atoms with van der Waals surface area (Å²) in [7, 11) is 0. The average Bonchev–Trinajstić information content (AvgIpc) is 3.13. The number of nitrogens with one attached hydrogen (secondary N) is 2. The van der Waals surface area contributed by atoms with Gasteiger partial charge in [-0.2, -0.15) is 0 Å². The van der Waals surface area contributed by atoms with E-state index in [1.807, 2.05) is 13.0 Å². The number of ether oxygens (including phenoxy) is 1. The van der Waals surface area contributed by atoms with E-state index in [1.165, 1.54) is 17.7 Å². The molecule has 1 aliphatic heterocycles. The van der Waals surface area contributed by atoms with E-state index in [9.17, 15) is 0 Å². The van der Waals surface area contributed by atoms with Crippen molar-refractivity contribution in [3.8, 4) is 0 Å². The summed E-state index contributed by atoms with van der Waals surface area (Å²) in [6.07, 6.45) is 3.34. The van der Waals surface area contributed by atoms with Crippen molar-refractivity contribution in [3.05, 3.63) is 28.8 Å². The van der Waals surface area contributed by atoms with Gasteiger partial charge >= 0.3 is 0 Å². The molecule has 0 aromatic heterocycles. The van der Waals surface area contributed by atoms with E-state index in [-0.39, 0.29) is 0 Å². The summed E-state index contributed by atoms with van der Waals surface area (Å²) in [5, 5.41) is 7.58. The molecule has 5 nitrogen and oxygen atoms in total. The first-order chi connectivity index (χ1) is 13.1. The van der Waals surface area contributed by atoms with Gasteiger partial charge in [-0.05, 0) is 63.6 Å². The van der Waals surface area contributed by atoms with E-state index in [2.05, 4.69) is 41.5 Å². The van der Waals surface area contributed by atoms with Gasteiger partial charge in [-0.3, -0.25) is 4.99 Å². The number of rotatable bonds is 10. The molecule has 1 atom stereocenters. The van der Waals surface area contributed by atoms with Crippen LogP contribution >= 0.6 is 11.6 Å². The first-order valence-electron chi connectivity index (χ1n) is 10.2. The summed E-state index contributed by atoms with van der Waals surface area (Å²) >= 11 is 6.18. The number of unbranched alkanes of at least 4 members (excludes halogenated alkanes) is 1. The van der Waals surface area contributed by atoms with Gasteiger partial charge in [-0.1, -0.05) is 17.7 Å². The van der Waals surface area contributed by atoms with Crippen LogP contribution in [0.1, 0.15) is 38.7 Å². The van der Waals surface area contributed by atoms with Crippen molar-refractivity contribution in [2.45, 2.75) is 40.0 Å². The highest BCUT2D eigenvalue weighted by atomic mass is 35.5. The zero-order valence-electron chi connectivity index (χ0n) is 17.1. The monoisotopic (exact) mass is 394 g/mol. The van der Waals surface area contributed by atoms with Gasteiger partial charge in [-0.15, -0.1) is 0 Å². The molecule has 1 aromatic carbocycles. The van der Waals surface area contributed by atoms with Crippen LogP contribution in [-0.2, 0) is 4.74 Å². The van der Waals surface area contributed by atoms with E-state index < -0.39 is 0 Å². The smallest absolute Gasteiger partial charge is 0.191 e. The third-order valence-electron chi connectivity index (χ3n) is 4.86. The van der Waals surface area contributed by atoms with Crippen LogP contribution in [0.25, 0.3) is 0 Å². The van der Waals surface area contributed by atoms with Gasteiger partial charge in [0.15, 0.2) is 5.96 Å². The van der Waals surface area contributed by atoms with Crippen molar-refractivity contribution in [1.82, 2.24) is 10.6 Å². The molecule has 0 saturated carbocycles. The molecule has 2 N–H and O–H groups in total. The molecule has 1 aromatic rings. The Bertz CT molecular complexity index is 594. The Balaban J connectivity index is 1.79. The highest BCUT2D eigenvalue weighted by Gasteiger charge is 2.23. The standard InChI is InChI=1S/C21H35ClN4O/c1-4-23-21(24-11-6-7-13-27-5-2)25-15-18-10-12-26(16-18)20-14-19(22)9-8-17(20)3/h8-9,14,18H,4-7,10-13,15-16H2,1-3H3,(H2,23,24,25). The van der Waals surface area contributed by atoms with Gasteiger partial charge in [0, 0.05) is 56.6 Å². The molecule has 1 aliphatic rings. The molecule has 1 unspecified atom stereocenters. The first kappa shape index (κ1) is 21.8. The van der Waals surface area contributed by atoms with E-state index in [1.54, 1.807) is 0 Å². The van der Waals surface area contributed by atoms with Gasteiger partial charge in [0.1, 0.15) is 0 Å². The molecular formula is C21H35ClN4O. The number of aryl methyl sites for hydroxylation is 1. The normalized spacial score (nSPS) is 17.4. The average molecular weight is 395 g/mol. The van der Waals surface area contributed by atoms with Crippen molar-refractivity contribution in [3.63, 3.8) is 0 Å². The van der Waals surface area contributed by atoms with Crippen LogP contribution in [0.5, 0.6) is 0 Å². The van der Waals surface area contributed by atoms with E-state index in [0.29, 0.717) is 5.92 Å². The lowest BCUT2D eigenvalue weighted by Gasteiger charge is -2.21. The Labute approximate surface area is 169 Å². The molecule has 0 bridgehead atoms. The highest BCUT2D eigenvalue weighted by Crippen LogP contribution is 2.29. The lowest BCUT2D eigenvalue weighted by Crippen LogP contribution is -2.38. The number of halogens is 1. The van der Waals surface area contributed by atoms with Crippen molar-refractivity contribution in [2.75, 3.05) is 50.8 Å². The fraction of sp³-hybridized carbons (Fsp3) is 0.667. The van der Waals surface area contributed by atoms with Crippen molar-refractivity contribution in [1.29, 1.82) is 0 Å². The second-order valence-electron chi connectivity index (χ2n) is 7.08. The van der Waals surface area contributed by atoms with Crippen LogP contribution in [0.15, 0.2) is 23.2 Å². The van der Waals surface area contributed by atoms with Gasteiger partial charge in [0.2, 0.25) is 0 Å². The van der Waals surface area contributed by atoms with Crippen molar-refractivity contribution < 1.29 is 4.74 Å². The first-order valence-corrected chi connectivity index (χ1v) is 10.6. The Morgan fingerprint density at radius 1 is 1.30 bits per heavy atom. The second kappa shape index (κ2) is 12.1. The Hall–Kier alpha value is -1.46. The maximum Gasteiger partial charge on any atom is 0.191 e. The molecular weight excluding hydrogens is 360 g/mol. The number of benzene rings is 1. The minimum absolute atomic E-state index is 0.580. The van der Waals surface area contributed by atoms with E-state index in [4.69, 9.17) is 21.3 Å². The van der Waals surface area contributed by atoms with Crippen LogP contribution in [0.3, 0.4) is 0 Å². The summed E-state index contributed by atoms with van der Waals surface area (Å²) in [4.78, 5) is 7.25. The van der Waals surface area contributed by atoms with Gasteiger partial charge in [0.05, 0.1) is 0 Å². The molecule has 1 heterocycles. The lowest BCUT2D eigenvalue weighted by molar-refractivity contribution is 0.143. The van der Waals surface area contributed by atoms with E-state index in [0.717, 1.165) is 69.8 Å². The number of guanidine groups is 1. The third-order valence-corrected chi connectivity index (χ3v) is 5.10. The van der Waals surface area contributed by atoms with Crippen LogP contribution in [0.2, 0.25) is 5.02 Å². The second-order valence-corrected chi connectivity index (χ2v) is 7.52. The van der Waals surface area contributed by atoms with Crippen LogP contribution in [-0.4, -0.2) is 51.9 Å². The topological polar surface area (TPSA) is 48.9 Å². The third kappa shape index (κ3) is 7.59. The van der Waals surface area contributed by atoms with Gasteiger partial charge in [0.25, 0.3) is 0 Å². The molecule has 152 valence electrons. The Morgan fingerprint density at radius 2 is 2.15 bits per heavy atom. The molecule has 27 heavy (non-hydrogen) atoms. The SMILES string of the molecule is CCNC(=NCC1CCN(c2cc(Cl)ccc2C)C1)NCCCCOCC. The maximum absolute atomic E-state index is 6.18. The fourth-order valence-corrected chi connectivity index (χ4v) is 3.53. The summed E-state index contributed by atoms with van der Waals surface area (Å²) in [6.45, 7) is 12.7. The Morgan fingerprint density at radius 3 is 2.93 bits per heavy atom. The molecule has 1 fully saturated rings. The van der Waals surface area contributed by atoms with Crippen LogP contribution in [0.4, 0.5) is 5.69 Å². The number of anilines is 1. The molecule has 1 saturated heterocycles. The molecule has 0 amide bonds. The molecule has 0 aliphatic carbocycles. The predicted molar refractivity (Wildman–Crippen MR) is 116 cm³/mol. The van der Waals surface area contributed by atoms with Crippen LogP contribution < -0.4 is 15.5 Å². The van der Waals surface area contributed by atoms with Gasteiger partial charge in [-0.25, -0.2) is 0 Å². The largest absolute Gasteiger partial charge is 0.382 e. The maximum atomic E-state index is 6.18. The number of nitrogens with zero attached hydrogens (tertiary/aromatic N) is 2. The highest BCUT2D eigenvalue weighted by molar-refractivity contribution is 6.30. The summed E-state index contributed by atoms with van der Waals surface area (Å²) in [5.41, 5.74) is 2.54. The van der Waals surface area contributed by atoms with Crippen molar-refractivity contribution >= 4 is 23.2 Å². The lowest BCUT2D eigenvalue weighted by atomic mass is 10.1. The van der Waals surface area contributed by atoms with E-state index >= 15 is 0 Å². The fourth-order valence-electron chi connectivity index (χ4n) is 3.37. The minimum Gasteiger partial charge on any atom is -0.382 e. The Kier molecular flexibility index (Phi) is 9.78. The zero-order chi connectivity index (χ0) is 19.5. The molecule has 0 radical (unpaired) electrons. The number of aliphatic imine (C=N–C) groups is 1. The predicted octanol–water partition coefficient (Wildman–Crippen LogP) is 3.85.